The molecule has 4 aliphatic rings. The van der Waals surface area contributed by atoms with Gasteiger partial charge in [0.1, 0.15) is 0 Å². The second-order valence-corrected chi connectivity index (χ2v) is 11.3. The van der Waals surface area contributed by atoms with E-state index in [1.807, 2.05) is 19.9 Å². The lowest BCUT2D eigenvalue weighted by Crippen LogP contribution is -2.63. The number of carbonyl (C=O) groups excluding carboxylic acids is 4. The lowest BCUT2D eigenvalue weighted by atomic mass is 9.46. The largest absolute Gasteiger partial charge is 0.509 e. The van der Waals surface area contributed by atoms with Crippen molar-refractivity contribution in [2.45, 2.75) is 77.4 Å². The number of hydrogen-bond acceptors (Lipinski definition) is 9. The Morgan fingerprint density at radius 1 is 1.14 bits per heavy atom. The average molecular weight is 519 g/mol. The molecule has 9 heteroatoms. The smallest absolute Gasteiger partial charge is 0.438 e. The summed E-state index contributed by atoms with van der Waals surface area (Å²) in [6.45, 7) is 5.49. The van der Waals surface area contributed by atoms with E-state index in [1.165, 1.54) is 0 Å². The zero-order valence-corrected chi connectivity index (χ0v) is 22.1. The van der Waals surface area contributed by atoms with Crippen LogP contribution in [0, 0.1) is 28.6 Å². The molecule has 0 saturated heterocycles. The molecule has 1 unspecified atom stereocenters. The van der Waals surface area contributed by atoms with Crippen LogP contribution in [-0.2, 0) is 28.5 Å². The number of allylic oxidation sites excluding steroid dienone is 4. The van der Waals surface area contributed by atoms with Crippen LogP contribution in [0.25, 0.3) is 0 Å². The maximum absolute atomic E-state index is 13.7. The second-order valence-electron chi connectivity index (χ2n) is 11.3. The van der Waals surface area contributed by atoms with Gasteiger partial charge in [0, 0.05) is 16.7 Å². The van der Waals surface area contributed by atoms with Gasteiger partial charge >= 0.3 is 12.3 Å². The molecule has 0 bridgehead atoms. The Kier molecular flexibility index (Phi) is 7.57. The number of ether oxygens (including phenoxy) is 4. The molecule has 0 radical (unpaired) electrons. The third-order valence-electron chi connectivity index (χ3n) is 9.53. The maximum Gasteiger partial charge on any atom is 0.509 e. The van der Waals surface area contributed by atoms with E-state index in [2.05, 4.69) is 11.7 Å². The van der Waals surface area contributed by atoms with Crippen molar-refractivity contribution in [1.29, 1.82) is 0 Å². The van der Waals surface area contributed by atoms with Gasteiger partial charge in [-0.05, 0) is 62.5 Å². The fourth-order valence-corrected chi connectivity index (χ4v) is 7.77. The number of Topliss-reactive ketones (excluding diaryl/α,β-unsaturated/α-hetero) is 1. The van der Waals surface area contributed by atoms with Crippen LogP contribution in [0.5, 0.6) is 0 Å². The molecule has 4 rings (SSSR count). The molecule has 0 spiro atoms. The highest BCUT2D eigenvalue weighted by molar-refractivity contribution is 6.01. The van der Waals surface area contributed by atoms with E-state index in [1.54, 1.807) is 12.2 Å². The van der Waals surface area contributed by atoms with Gasteiger partial charge in [0.15, 0.2) is 18.0 Å². The van der Waals surface area contributed by atoms with E-state index in [-0.39, 0.29) is 43.0 Å². The monoisotopic (exact) mass is 518 g/mol. The van der Waals surface area contributed by atoms with Crippen molar-refractivity contribution in [3.63, 3.8) is 0 Å². The van der Waals surface area contributed by atoms with Crippen LogP contribution in [0.15, 0.2) is 23.8 Å². The van der Waals surface area contributed by atoms with Crippen LogP contribution in [-0.4, -0.2) is 61.0 Å². The van der Waals surface area contributed by atoms with Gasteiger partial charge in [0.2, 0.25) is 5.78 Å². The summed E-state index contributed by atoms with van der Waals surface area (Å²) < 4.78 is 20.6. The molecule has 0 aromatic heterocycles. The third-order valence-corrected chi connectivity index (χ3v) is 9.53. The van der Waals surface area contributed by atoms with E-state index in [0.717, 1.165) is 31.9 Å². The summed E-state index contributed by atoms with van der Waals surface area (Å²) in [5.41, 5.74) is -1.94. The lowest BCUT2D eigenvalue weighted by Gasteiger charge is -2.59. The minimum absolute atomic E-state index is 0.0316. The predicted molar refractivity (Wildman–Crippen MR) is 131 cm³/mol. The van der Waals surface area contributed by atoms with Gasteiger partial charge in [0.25, 0.3) is 0 Å². The molecule has 37 heavy (non-hydrogen) atoms. The predicted octanol–water partition coefficient (Wildman–Crippen LogP) is 4.31. The van der Waals surface area contributed by atoms with Crippen molar-refractivity contribution in [2.75, 3.05) is 20.3 Å². The topological polar surface area (TPSA) is 125 Å². The van der Waals surface area contributed by atoms with Crippen molar-refractivity contribution >= 4 is 23.9 Å². The van der Waals surface area contributed by atoms with Crippen molar-refractivity contribution in [3.8, 4) is 0 Å². The normalized spacial score (nSPS) is 38.0. The maximum atomic E-state index is 13.7. The number of hydrogen-bond donors (Lipinski definition) is 1. The minimum atomic E-state index is -1.61. The molecule has 3 fully saturated rings. The molecule has 4 aliphatic carbocycles. The van der Waals surface area contributed by atoms with E-state index < -0.39 is 47.2 Å². The first-order chi connectivity index (χ1) is 17.5. The molecule has 0 aromatic rings. The minimum Gasteiger partial charge on any atom is -0.438 e. The number of carbonyl (C=O) groups is 4. The summed E-state index contributed by atoms with van der Waals surface area (Å²) in [5.74, 6) is -0.706. The first-order valence-electron chi connectivity index (χ1n) is 13.2. The average Bonchev–Trinajstić information content (AvgIpc) is 3.14. The van der Waals surface area contributed by atoms with Gasteiger partial charge in [-0.25, -0.2) is 9.59 Å². The molecule has 0 aliphatic heterocycles. The fourth-order valence-electron chi connectivity index (χ4n) is 7.77. The SMILES string of the molecule is CCCCOC(=O)O[C@]1(C(=O)COC(=O)OC)CC[C@H]2[C@@H]3CCC4=CC(=O)C=C[C@]4(C)[C@H]3C(O)C[C@@]21C. The Bertz CT molecular complexity index is 1020. The zero-order valence-electron chi connectivity index (χ0n) is 22.1. The Hall–Kier alpha value is -2.68. The van der Waals surface area contributed by atoms with E-state index >= 15 is 0 Å². The lowest BCUT2D eigenvalue weighted by molar-refractivity contribution is -0.184. The fraction of sp³-hybridized carbons (Fsp3) is 0.714. The summed E-state index contributed by atoms with van der Waals surface area (Å²) >= 11 is 0. The molecule has 7 atom stereocenters. The van der Waals surface area contributed by atoms with Crippen LogP contribution in [0.4, 0.5) is 9.59 Å². The highest BCUT2D eigenvalue weighted by Crippen LogP contribution is 2.68. The molecule has 1 N–H and O–H groups in total. The Morgan fingerprint density at radius 3 is 2.59 bits per heavy atom. The third kappa shape index (κ3) is 4.49. The number of aliphatic hydroxyl groups excluding tert-OH is 1. The highest BCUT2D eigenvalue weighted by atomic mass is 16.7. The van der Waals surface area contributed by atoms with E-state index in [4.69, 9.17) is 14.2 Å². The van der Waals surface area contributed by atoms with Crippen LogP contribution in [0.2, 0.25) is 0 Å². The Morgan fingerprint density at radius 2 is 1.89 bits per heavy atom. The van der Waals surface area contributed by atoms with Gasteiger partial charge < -0.3 is 24.1 Å². The number of ketones is 2. The Balaban J connectivity index is 1.67. The summed E-state index contributed by atoms with van der Waals surface area (Å²) in [6, 6.07) is 0. The molecule has 9 nitrogen and oxygen atoms in total. The van der Waals surface area contributed by atoms with Crippen LogP contribution >= 0.6 is 0 Å². The number of rotatable bonds is 7. The number of fused-ring (bicyclic) bond motifs is 5. The van der Waals surface area contributed by atoms with E-state index in [0.29, 0.717) is 12.8 Å². The van der Waals surface area contributed by atoms with Crippen molar-refractivity contribution in [2.24, 2.45) is 28.6 Å². The number of methoxy groups -OCH3 is 1. The van der Waals surface area contributed by atoms with Crippen molar-refractivity contribution in [3.05, 3.63) is 23.8 Å². The highest BCUT2D eigenvalue weighted by Gasteiger charge is 2.70. The van der Waals surface area contributed by atoms with Gasteiger partial charge in [-0.3, -0.25) is 9.59 Å². The van der Waals surface area contributed by atoms with Gasteiger partial charge in [-0.1, -0.05) is 38.8 Å². The molecule has 0 heterocycles. The Labute approximate surface area is 217 Å². The second kappa shape index (κ2) is 10.2. The summed E-state index contributed by atoms with van der Waals surface area (Å²) in [7, 11) is 1.15. The van der Waals surface area contributed by atoms with Gasteiger partial charge in [-0.2, -0.15) is 0 Å². The molecule has 0 aromatic carbocycles. The number of unbranched alkanes of at least 4 members (excludes halogenated alkanes) is 1. The molecular weight excluding hydrogens is 480 g/mol. The number of aliphatic hydroxyl groups is 1. The summed E-state index contributed by atoms with van der Waals surface area (Å²) in [4.78, 5) is 50.2. The summed E-state index contributed by atoms with van der Waals surface area (Å²) in [5, 5.41) is 11.6. The van der Waals surface area contributed by atoms with Crippen LogP contribution < -0.4 is 0 Å². The van der Waals surface area contributed by atoms with Crippen LogP contribution in [0.3, 0.4) is 0 Å². The van der Waals surface area contributed by atoms with Crippen molar-refractivity contribution < 1.29 is 43.2 Å². The molecular formula is C28H38O9. The van der Waals surface area contributed by atoms with Crippen LogP contribution in [0.1, 0.15) is 65.7 Å². The molecule has 0 amide bonds. The standard InChI is InChI=1S/C28H38O9/c1-5-6-13-35-25(33)37-28(22(31)16-36-24(32)34-4)12-10-20-19-8-7-17-14-18(29)9-11-26(17,2)23(19)21(30)15-27(20,28)3/h9,11,14,19-21,23,30H,5-8,10,12-13,15-16H2,1-4H3/t19-,20-,21?,23+,26-,27-,28-/m0/s1. The zero-order chi connectivity index (χ0) is 27.0. The van der Waals surface area contributed by atoms with Gasteiger partial charge in [-0.15, -0.1) is 0 Å². The van der Waals surface area contributed by atoms with Gasteiger partial charge in [0.05, 0.1) is 19.8 Å². The first kappa shape index (κ1) is 27.4. The quantitative estimate of drug-likeness (QED) is 0.388. The van der Waals surface area contributed by atoms with E-state index in [9.17, 15) is 24.3 Å². The first-order valence-corrected chi connectivity index (χ1v) is 13.2. The summed E-state index contributed by atoms with van der Waals surface area (Å²) in [6.07, 6.45) is 6.48. The van der Waals surface area contributed by atoms with Crippen molar-refractivity contribution in [1.82, 2.24) is 0 Å². The molecule has 3 saturated carbocycles. The molecule has 204 valence electrons.